The molecule has 7 nitrogen and oxygen atoms in total. The van der Waals surface area contributed by atoms with E-state index < -0.39 is 5.41 Å². The predicted octanol–water partition coefficient (Wildman–Crippen LogP) is 0.853. The summed E-state index contributed by atoms with van der Waals surface area (Å²) in [5.74, 6) is -0.145. The summed E-state index contributed by atoms with van der Waals surface area (Å²) in [6.45, 7) is 3.67. The normalized spacial score (nSPS) is 20.1. The number of benzene rings is 1. The van der Waals surface area contributed by atoms with E-state index in [1.165, 1.54) is 0 Å². The van der Waals surface area contributed by atoms with Gasteiger partial charge in [-0.1, -0.05) is 6.07 Å². The monoisotopic (exact) mass is 347 g/mol. The highest BCUT2D eigenvalue weighted by molar-refractivity contribution is 5.99. The largest absolute Gasteiger partial charge is 0.381 e. The van der Waals surface area contributed by atoms with Crippen molar-refractivity contribution in [2.45, 2.75) is 12.8 Å². The molecule has 3 N–H and O–H groups in total. The molecule has 2 aliphatic heterocycles. The van der Waals surface area contributed by atoms with Crippen LogP contribution in [0.25, 0.3) is 0 Å². The van der Waals surface area contributed by atoms with Gasteiger partial charge in [-0.3, -0.25) is 9.59 Å². The van der Waals surface area contributed by atoms with Crippen molar-refractivity contribution in [1.29, 1.82) is 0 Å². The molecule has 3 rings (SSSR count). The minimum absolute atomic E-state index is 0.0426. The highest BCUT2D eigenvalue weighted by atomic mass is 16.5. The Bertz CT molecular complexity index is 623. The first kappa shape index (κ1) is 17.8. The molecule has 2 aliphatic rings. The van der Waals surface area contributed by atoms with Crippen molar-refractivity contribution in [3.8, 4) is 0 Å². The fraction of sp³-hybridized carbons (Fsp3) is 0.556. The fourth-order valence-corrected chi connectivity index (χ4v) is 3.23. The Morgan fingerprint density at radius 2 is 1.80 bits per heavy atom. The second-order valence-corrected chi connectivity index (χ2v) is 6.54. The molecule has 2 saturated heterocycles. The average Bonchev–Trinajstić information content (AvgIpc) is 2.68. The zero-order chi connectivity index (χ0) is 17.7. The Hall–Kier alpha value is -1.96. The zero-order valence-electron chi connectivity index (χ0n) is 14.3. The van der Waals surface area contributed by atoms with Gasteiger partial charge in [-0.15, -0.1) is 0 Å². The first-order valence-corrected chi connectivity index (χ1v) is 8.71. The van der Waals surface area contributed by atoms with Crippen LogP contribution in [0.3, 0.4) is 0 Å². The van der Waals surface area contributed by atoms with Crippen molar-refractivity contribution < 1.29 is 19.1 Å². The predicted molar refractivity (Wildman–Crippen MR) is 93.3 cm³/mol. The Balaban J connectivity index is 1.70. The Kier molecular flexibility index (Phi) is 5.67. The Morgan fingerprint density at radius 1 is 1.12 bits per heavy atom. The van der Waals surface area contributed by atoms with Crippen LogP contribution in [0.1, 0.15) is 23.2 Å². The lowest BCUT2D eigenvalue weighted by Gasteiger charge is -2.34. The number of nitrogens with zero attached hydrogens (tertiary/aromatic N) is 1. The summed E-state index contributed by atoms with van der Waals surface area (Å²) >= 11 is 0. The van der Waals surface area contributed by atoms with E-state index >= 15 is 0 Å². The number of hydrogen-bond acceptors (Lipinski definition) is 5. The van der Waals surface area contributed by atoms with Crippen LogP contribution in [0.5, 0.6) is 0 Å². The third-order valence-corrected chi connectivity index (χ3v) is 4.99. The summed E-state index contributed by atoms with van der Waals surface area (Å²) < 4.78 is 10.6. The van der Waals surface area contributed by atoms with E-state index in [0.29, 0.717) is 63.6 Å². The number of amides is 2. The van der Waals surface area contributed by atoms with Crippen molar-refractivity contribution in [1.82, 2.24) is 4.90 Å². The number of morpholine rings is 1. The van der Waals surface area contributed by atoms with Crippen molar-refractivity contribution in [3.05, 3.63) is 29.8 Å². The molecule has 2 heterocycles. The van der Waals surface area contributed by atoms with E-state index in [2.05, 4.69) is 5.32 Å². The van der Waals surface area contributed by atoms with Crippen LogP contribution < -0.4 is 11.1 Å². The Labute approximate surface area is 147 Å². The Morgan fingerprint density at radius 3 is 2.48 bits per heavy atom. The highest BCUT2D eigenvalue weighted by Crippen LogP contribution is 2.31. The van der Waals surface area contributed by atoms with E-state index in [-0.39, 0.29) is 18.4 Å². The number of ether oxygens (including phenoxy) is 2. The average molecular weight is 347 g/mol. The van der Waals surface area contributed by atoms with Crippen LogP contribution in [0.4, 0.5) is 5.69 Å². The van der Waals surface area contributed by atoms with Gasteiger partial charge >= 0.3 is 0 Å². The molecule has 2 fully saturated rings. The van der Waals surface area contributed by atoms with Crippen LogP contribution in [-0.2, 0) is 14.3 Å². The zero-order valence-corrected chi connectivity index (χ0v) is 14.3. The molecule has 1 aromatic rings. The van der Waals surface area contributed by atoms with Crippen molar-refractivity contribution >= 4 is 17.5 Å². The standard InChI is InChI=1S/C18H25N3O4/c19-13-18(4-8-24-9-5-18)17(23)20-15-3-1-2-14(12-15)16(22)21-6-10-25-11-7-21/h1-3,12H,4-11,13,19H2,(H,20,23). The van der Waals surface area contributed by atoms with Gasteiger partial charge in [0.15, 0.2) is 0 Å². The summed E-state index contributed by atoms with van der Waals surface area (Å²) in [7, 11) is 0. The summed E-state index contributed by atoms with van der Waals surface area (Å²) in [5, 5.41) is 2.93. The van der Waals surface area contributed by atoms with Crippen molar-refractivity contribution in [2.75, 3.05) is 51.4 Å². The molecular formula is C18H25N3O4. The molecule has 1 aromatic carbocycles. The van der Waals surface area contributed by atoms with Crippen molar-refractivity contribution in [3.63, 3.8) is 0 Å². The van der Waals surface area contributed by atoms with Crippen LogP contribution in [-0.4, -0.2) is 62.8 Å². The summed E-state index contributed by atoms with van der Waals surface area (Å²) in [6.07, 6.45) is 1.23. The topological polar surface area (TPSA) is 93.9 Å². The number of anilines is 1. The van der Waals surface area contributed by atoms with Gasteiger partial charge in [0.2, 0.25) is 5.91 Å². The maximum Gasteiger partial charge on any atom is 0.254 e. The number of hydrogen-bond donors (Lipinski definition) is 2. The van der Waals surface area contributed by atoms with Crippen LogP contribution in [0, 0.1) is 5.41 Å². The second kappa shape index (κ2) is 7.95. The van der Waals surface area contributed by atoms with E-state index in [9.17, 15) is 9.59 Å². The summed E-state index contributed by atoms with van der Waals surface area (Å²) in [5.41, 5.74) is 6.46. The molecule has 0 saturated carbocycles. The summed E-state index contributed by atoms with van der Waals surface area (Å²) in [4.78, 5) is 27.1. The molecule has 0 aliphatic carbocycles. The quantitative estimate of drug-likeness (QED) is 0.842. The minimum atomic E-state index is -0.595. The molecule has 0 radical (unpaired) electrons. The minimum Gasteiger partial charge on any atom is -0.381 e. The van der Waals surface area contributed by atoms with E-state index in [1.807, 2.05) is 0 Å². The molecule has 0 atom stereocenters. The number of nitrogens with one attached hydrogen (secondary N) is 1. The SMILES string of the molecule is NCC1(C(=O)Nc2cccc(C(=O)N3CCOCC3)c2)CCOCC1. The lowest BCUT2D eigenvalue weighted by Crippen LogP contribution is -2.46. The number of nitrogens with two attached hydrogens (primary N) is 1. The van der Waals surface area contributed by atoms with Gasteiger partial charge in [0.25, 0.3) is 5.91 Å². The molecule has 2 amide bonds. The van der Waals surface area contributed by atoms with E-state index in [1.54, 1.807) is 29.2 Å². The molecule has 0 aromatic heterocycles. The van der Waals surface area contributed by atoms with Crippen LogP contribution in [0.15, 0.2) is 24.3 Å². The highest BCUT2D eigenvalue weighted by Gasteiger charge is 2.38. The third-order valence-electron chi connectivity index (χ3n) is 4.99. The molecule has 7 heteroatoms. The van der Waals surface area contributed by atoms with Gasteiger partial charge in [-0.2, -0.15) is 0 Å². The third kappa shape index (κ3) is 4.00. The molecule has 0 bridgehead atoms. The van der Waals surface area contributed by atoms with Gasteiger partial charge in [-0.05, 0) is 31.0 Å². The van der Waals surface area contributed by atoms with Crippen LogP contribution in [0.2, 0.25) is 0 Å². The number of rotatable bonds is 4. The molecule has 0 spiro atoms. The second-order valence-electron chi connectivity index (χ2n) is 6.54. The van der Waals surface area contributed by atoms with Gasteiger partial charge in [0.1, 0.15) is 0 Å². The van der Waals surface area contributed by atoms with Gasteiger partial charge < -0.3 is 25.4 Å². The lowest BCUT2D eigenvalue weighted by atomic mass is 9.79. The molecule has 0 unspecified atom stereocenters. The van der Waals surface area contributed by atoms with Crippen LogP contribution >= 0.6 is 0 Å². The molecule has 136 valence electrons. The maximum atomic E-state index is 12.7. The number of carbonyl (C=O) groups is 2. The van der Waals surface area contributed by atoms with Gasteiger partial charge in [0, 0.05) is 44.1 Å². The first-order valence-electron chi connectivity index (χ1n) is 8.71. The molecular weight excluding hydrogens is 322 g/mol. The maximum absolute atomic E-state index is 12.7. The van der Waals surface area contributed by atoms with Gasteiger partial charge in [0.05, 0.1) is 18.6 Å². The lowest BCUT2D eigenvalue weighted by molar-refractivity contribution is -0.130. The molecule has 25 heavy (non-hydrogen) atoms. The van der Waals surface area contributed by atoms with E-state index in [0.717, 1.165) is 0 Å². The van der Waals surface area contributed by atoms with Gasteiger partial charge in [-0.25, -0.2) is 0 Å². The summed E-state index contributed by atoms with van der Waals surface area (Å²) in [6, 6.07) is 7.06. The van der Waals surface area contributed by atoms with Crippen molar-refractivity contribution in [2.24, 2.45) is 11.1 Å². The fourth-order valence-electron chi connectivity index (χ4n) is 3.23. The smallest absolute Gasteiger partial charge is 0.254 e. The van der Waals surface area contributed by atoms with E-state index in [4.69, 9.17) is 15.2 Å². The first-order chi connectivity index (χ1) is 12.1. The number of carbonyl (C=O) groups excluding carboxylic acids is 2.